The van der Waals surface area contributed by atoms with Gasteiger partial charge < -0.3 is 9.88 Å². The molecule has 0 aliphatic heterocycles. The number of nitrogens with zero attached hydrogens (tertiary/aromatic N) is 1. The zero-order valence-corrected chi connectivity index (χ0v) is 10.2. The Morgan fingerprint density at radius 2 is 2.00 bits per heavy atom. The highest BCUT2D eigenvalue weighted by molar-refractivity contribution is 5.90. The number of fused-ring (bicyclic) bond motifs is 1. The number of benzene rings is 1. The van der Waals surface area contributed by atoms with E-state index in [2.05, 4.69) is 4.98 Å². The Kier molecular flexibility index (Phi) is 3.47. The van der Waals surface area contributed by atoms with Crippen molar-refractivity contribution in [2.24, 2.45) is 0 Å². The van der Waals surface area contributed by atoms with Crippen LogP contribution < -0.4 is 0 Å². The second kappa shape index (κ2) is 5.04. The van der Waals surface area contributed by atoms with E-state index in [-0.39, 0.29) is 5.91 Å². The number of rotatable bonds is 4. The molecule has 0 unspecified atom stereocenters. The molecular weight excluding hydrogens is 212 g/mol. The minimum atomic E-state index is 0.0570. The molecule has 1 aromatic heterocycles. The fourth-order valence-electron chi connectivity index (χ4n) is 1.93. The van der Waals surface area contributed by atoms with Gasteiger partial charge in [-0.3, -0.25) is 4.79 Å². The highest BCUT2D eigenvalue weighted by Gasteiger charge is 2.12. The SMILES string of the molecule is CCN(CC)C(=O)[CH]c1cc2ccccc2[nH]1. The maximum absolute atomic E-state index is 11.9. The van der Waals surface area contributed by atoms with E-state index in [1.54, 1.807) is 11.3 Å². The smallest absolute Gasteiger partial charge is 0.232 e. The predicted octanol–water partition coefficient (Wildman–Crippen LogP) is 2.59. The number of aromatic nitrogens is 1. The number of para-hydroxylation sites is 1. The Balaban J connectivity index is 2.15. The Morgan fingerprint density at radius 3 is 2.65 bits per heavy atom. The first kappa shape index (κ1) is 11.7. The number of carbonyl (C=O) groups excluding carboxylic acids is 1. The molecule has 1 N–H and O–H groups in total. The summed E-state index contributed by atoms with van der Waals surface area (Å²) >= 11 is 0. The molecule has 0 bridgehead atoms. The van der Waals surface area contributed by atoms with E-state index in [1.807, 2.05) is 44.2 Å². The molecule has 0 saturated heterocycles. The van der Waals surface area contributed by atoms with Gasteiger partial charge in [-0.15, -0.1) is 0 Å². The number of hydrogen-bond donors (Lipinski definition) is 1. The highest BCUT2D eigenvalue weighted by atomic mass is 16.2. The van der Waals surface area contributed by atoms with Crippen molar-refractivity contribution in [3.05, 3.63) is 42.4 Å². The molecule has 89 valence electrons. The van der Waals surface area contributed by atoms with Gasteiger partial charge >= 0.3 is 0 Å². The molecule has 0 atom stereocenters. The van der Waals surface area contributed by atoms with Crippen molar-refractivity contribution >= 4 is 16.8 Å². The molecule has 0 aliphatic carbocycles. The summed E-state index contributed by atoms with van der Waals surface area (Å²) < 4.78 is 0. The molecule has 1 heterocycles. The van der Waals surface area contributed by atoms with E-state index in [0.717, 1.165) is 29.7 Å². The van der Waals surface area contributed by atoms with Crippen molar-refractivity contribution in [1.29, 1.82) is 0 Å². The van der Waals surface area contributed by atoms with Crippen molar-refractivity contribution < 1.29 is 4.79 Å². The van der Waals surface area contributed by atoms with Crippen LogP contribution in [0, 0.1) is 6.42 Å². The van der Waals surface area contributed by atoms with Gasteiger partial charge in [0, 0.05) is 24.3 Å². The molecule has 0 fully saturated rings. The molecule has 17 heavy (non-hydrogen) atoms. The predicted molar refractivity (Wildman–Crippen MR) is 69.6 cm³/mol. The third-order valence-corrected chi connectivity index (χ3v) is 2.90. The van der Waals surface area contributed by atoms with E-state index in [0.29, 0.717) is 0 Å². The first-order valence-electron chi connectivity index (χ1n) is 5.96. The van der Waals surface area contributed by atoms with Crippen molar-refractivity contribution in [3.63, 3.8) is 0 Å². The van der Waals surface area contributed by atoms with Gasteiger partial charge in [0.1, 0.15) is 0 Å². The van der Waals surface area contributed by atoms with Crippen LogP contribution >= 0.6 is 0 Å². The van der Waals surface area contributed by atoms with Crippen LogP contribution in [0.2, 0.25) is 0 Å². The molecule has 2 rings (SSSR count). The maximum Gasteiger partial charge on any atom is 0.232 e. The molecule has 1 amide bonds. The van der Waals surface area contributed by atoms with Gasteiger partial charge in [-0.25, -0.2) is 0 Å². The third-order valence-electron chi connectivity index (χ3n) is 2.90. The molecular formula is C14H17N2O. The number of hydrogen-bond acceptors (Lipinski definition) is 1. The van der Waals surface area contributed by atoms with Gasteiger partial charge in [0.2, 0.25) is 5.91 Å². The minimum Gasteiger partial charge on any atom is -0.358 e. The molecule has 1 radical (unpaired) electrons. The first-order valence-corrected chi connectivity index (χ1v) is 5.96. The normalized spacial score (nSPS) is 10.7. The summed E-state index contributed by atoms with van der Waals surface area (Å²) in [4.78, 5) is 16.9. The first-order chi connectivity index (χ1) is 8.24. The summed E-state index contributed by atoms with van der Waals surface area (Å²) in [6.45, 7) is 5.46. The van der Waals surface area contributed by atoms with Crippen LogP contribution in [0.5, 0.6) is 0 Å². The minimum absolute atomic E-state index is 0.0570. The molecule has 2 aromatic rings. The zero-order chi connectivity index (χ0) is 12.3. The van der Waals surface area contributed by atoms with E-state index in [9.17, 15) is 4.79 Å². The second-order valence-electron chi connectivity index (χ2n) is 3.97. The fraction of sp³-hybridized carbons (Fsp3) is 0.286. The van der Waals surface area contributed by atoms with Gasteiger partial charge in [-0.2, -0.15) is 0 Å². The Bertz CT molecular complexity index is 479. The number of nitrogens with one attached hydrogen (secondary N) is 1. The standard InChI is InChI=1S/C14H17N2O/c1-3-16(4-2)14(17)10-12-9-11-7-5-6-8-13(11)15-12/h5-10,15H,3-4H2,1-2H3. The van der Waals surface area contributed by atoms with Gasteiger partial charge in [0.25, 0.3) is 0 Å². The van der Waals surface area contributed by atoms with Crippen LogP contribution in [0.25, 0.3) is 10.9 Å². The summed E-state index contributed by atoms with van der Waals surface area (Å²) in [5.41, 5.74) is 1.93. The molecule has 0 aliphatic rings. The number of likely N-dealkylation sites (N-methyl/N-ethyl adjacent to an activating group) is 1. The fourth-order valence-corrected chi connectivity index (χ4v) is 1.93. The van der Waals surface area contributed by atoms with Crippen LogP contribution in [0.4, 0.5) is 0 Å². The largest absolute Gasteiger partial charge is 0.358 e. The second-order valence-corrected chi connectivity index (χ2v) is 3.97. The Hall–Kier alpha value is -1.77. The number of aromatic amines is 1. The molecule has 1 aromatic carbocycles. The monoisotopic (exact) mass is 229 g/mol. The number of amides is 1. The van der Waals surface area contributed by atoms with Gasteiger partial charge in [0.05, 0.1) is 6.42 Å². The zero-order valence-electron chi connectivity index (χ0n) is 10.2. The summed E-state index contributed by atoms with van der Waals surface area (Å²) in [5.74, 6) is 0.0570. The highest BCUT2D eigenvalue weighted by Crippen LogP contribution is 2.16. The van der Waals surface area contributed by atoms with Gasteiger partial charge in [-0.05, 0) is 31.4 Å². The van der Waals surface area contributed by atoms with E-state index in [4.69, 9.17) is 0 Å². The summed E-state index contributed by atoms with van der Waals surface area (Å²) in [6, 6.07) is 10.0. The third kappa shape index (κ3) is 2.49. The lowest BCUT2D eigenvalue weighted by Gasteiger charge is -2.17. The van der Waals surface area contributed by atoms with Crippen LogP contribution in [0.15, 0.2) is 30.3 Å². The molecule has 3 nitrogen and oxygen atoms in total. The molecule has 0 spiro atoms. The van der Waals surface area contributed by atoms with Crippen molar-refractivity contribution in [2.45, 2.75) is 13.8 Å². The summed E-state index contributed by atoms with van der Waals surface area (Å²) in [5, 5.41) is 1.13. The topological polar surface area (TPSA) is 36.1 Å². The van der Waals surface area contributed by atoms with Crippen molar-refractivity contribution in [2.75, 3.05) is 13.1 Å². The van der Waals surface area contributed by atoms with E-state index in [1.165, 1.54) is 0 Å². The van der Waals surface area contributed by atoms with Crippen LogP contribution in [0.3, 0.4) is 0 Å². The Labute approximate surface area is 101 Å². The average Bonchev–Trinajstić information content (AvgIpc) is 2.72. The van der Waals surface area contributed by atoms with Crippen molar-refractivity contribution in [3.8, 4) is 0 Å². The van der Waals surface area contributed by atoms with E-state index >= 15 is 0 Å². The van der Waals surface area contributed by atoms with Crippen LogP contribution in [-0.4, -0.2) is 28.9 Å². The lowest BCUT2D eigenvalue weighted by Crippen LogP contribution is -2.30. The summed E-state index contributed by atoms with van der Waals surface area (Å²) in [7, 11) is 0. The molecule has 0 saturated carbocycles. The molecule has 3 heteroatoms. The quantitative estimate of drug-likeness (QED) is 0.859. The summed E-state index contributed by atoms with van der Waals surface area (Å²) in [6.07, 6.45) is 1.66. The average molecular weight is 229 g/mol. The number of carbonyl (C=O) groups is 1. The van der Waals surface area contributed by atoms with Gasteiger partial charge in [0.15, 0.2) is 0 Å². The lowest BCUT2D eigenvalue weighted by atomic mass is 10.2. The van der Waals surface area contributed by atoms with E-state index < -0.39 is 0 Å². The van der Waals surface area contributed by atoms with Crippen LogP contribution in [0.1, 0.15) is 19.5 Å². The Morgan fingerprint density at radius 1 is 1.29 bits per heavy atom. The van der Waals surface area contributed by atoms with Gasteiger partial charge in [-0.1, -0.05) is 18.2 Å². The van der Waals surface area contributed by atoms with Crippen LogP contribution in [-0.2, 0) is 4.79 Å². The lowest BCUT2D eigenvalue weighted by molar-refractivity contribution is -0.126. The van der Waals surface area contributed by atoms with Crippen molar-refractivity contribution in [1.82, 2.24) is 9.88 Å². The number of H-pyrrole nitrogens is 1. The maximum atomic E-state index is 11.9.